The predicted octanol–water partition coefficient (Wildman–Crippen LogP) is 2.59. The third kappa shape index (κ3) is 2.40. The molecule has 0 aromatic heterocycles. The van der Waals surface area contributed by atoms with Crippen LogP contribution in [0.3, 0.4) is 0 Å². The molecule has 16 heavy (non-hydrogen) atoms. The topological polar surface area (TPSA) is 35.8 Å². The summed E-state index contributed by atoms with van der Waals surface area (Å²) in [5, 5.41) is 12.1. The van der Waals surface area contributed by atoms with Gasteiger partial charge in [0.05, 0.1) is 11.6 Å². The SMILES string of the molecule is CC1(C)CC1NCc1cc(F)cc(C#N)c1. The Labute approximate surface area is 95.1 Å². The molecule has 1 atom stereocenters. The molecule has 0 aliphatic heterocycles. The van der Waals surface area contributed by atoms with Crippen molar-refractivity contribution in [2.24, 2.45) is 5.41 Å². The molecule has 1 fully saturated rings. The quantitative estimate of drug-likeness (QED) is 0.846. The number of halogens is 1. The third-order valence-corrected chi connectivity index (χ3v) is 3.15. The molecule has 1 aliphatic carbocycles. The van der Waals surface area contributed by atoms with Crippen LogP contribution in [-0.4, -0.2) is 6.04 Å². The van der Waals surface area contributed by atoms with Gasteiger partial charge in [0.1, 0.15) is 5.82 Å². The fourth-order valence-corrected chi connectivity index (χ4v) is 1.87. The van der Waals surface area contributed by atoms with Crippen molar-refractivity contribution in [2.75, 3.05) is 0 Å². The molecular weight excluding hydrogens is 203 g/mol. The number of rotatable bonds is 3. The Hall–Kier alpha value is -1.40. The van der Waals surface area contributed by atoms with Crippen LogP contribution in [0.15, 0.2) is 18.2 Å². The van der Waals surface area contributed by atoms with Gasteiger partial charge in [-0.2, -0.15) is 5.26 Å². The van der Waals surface area contributed by atoms with E-state index in [-0.39, 0.29) is 5.82 Å². The number of nitrogens with zero attached hydrogens (tertiary/aromatic N) is 1. The van der Waals surface area contributed by atoms with Crippen molar-refractivity contribution < 1.29 is 4.39 Å². The normalized spacial score (nSPS) is 21.5. The minimum atomic E-state index is -0.342. The first-order valence-electron chi connectivity index (χ1n) is 5.44. The molecule has 0 spiro atoms. The summed E-state index contributed by atoms with van der Waals surface area (Å²) in [5.41, 5.74) is 1.58. The van der Waals surface area contributed by atoms with Gasteiger partial charge in [-0.1, -0.05) is 13.8 Å². The van der Waals surface area contributed by atoms with Gasteiger partial charge in [-0.15, -0.1) is 0 Å². The maximum Gasteiger partial charge on any atom is 0.124 e. The van der Waals surface area contributed by atoms with Crippen molar-refractivity contribution in [1.29, 1.82) is 5.26 Å². The zero-order valence-corrected chi connectivity index (χ0v) is 9.55. The highest BCUT2D eigenvalue weighted by atomic mass is 19.1. The van der Waals surface area contributed by atoms with Crippen LogP contribution in [0.25, 0.3) is 0 Å². The summed E-state index contributed by atoms with van der Waals surface area (Å²) in [6.07, 6.45) is 1.16. The first-order chi connectivity index (χ1) is 7.51. The standard InChI is InChI=1S/C13H15FN2/c1-13(2)6-12(13)16-8-10-3-9(7-15)4-11(14)5-10/h3-5,12,16H,6,8H2,1-2H3. The summed E-state index contributed by atoms with van der Waals surface area (Å²) in [5.74, 6) is -0.342. The van der Waals surface area contributed by atoms with Crippen molar-refractivity contribution in [3.8, 4) is 6.07 Å². The van der Waals surface area contributed by atoms with Crippen LogP contribution in [0.1, 0.15) is 31.4 Å². The van der Waals surface area contributed by atoms with E-state index >= 15 is 0 Å². The van der Waals surface area contributed by atoms with E-state index in [2.05, 4.69) is 19.2 Å². The van der Waals surface area contributed by atoms with Gasteiger partial charge in [0.25, 0.3) is 0 Å². The van der Waals surface area contributed by atoms with Crippen LogP contribution < -0.4 is 5.32 Å². The van der Waals surface area contributed by atoms with Gasteiger partial charge in [-0.3, -0.25) is 0 Å². The minimum Gasteiger partial charge on any atom is -0.309 e. The molecular formula is C13H15FN2. The van der Waals surface area contributed by atoms with E-state index in [1.165, 1.54) is 12.1 Å². The van der Waals surface area contributed by atoms with Gasteiger partial charge in [0, 0.05) is 12.6 Å². The second-order valence-electron chi connectivity index (χ2n) is 5.09. The summed E-state index contributed by atoms with van der Waals surface area (Å²) >= 11 is 0. The average molecular weight is 218 g/mol. The molecule has 1 aromatic carbocycles. The van der Waals surface area contributed by atoms with Crippen LogP contribution in [-0.2, 0) is 6.54 Å². The van der Waals surface area contributed by atoms with Gasteiger partial charge < -0.3 is 5.32 Å². The van der Waals surface area contributed by atoms with Gasteiger partial charge >= 0.3 is 0 Å². The molecule has 0 radical (unpaired) electrons. The Morgan fingerprint density at radius 2 is 2.19 bits per heavy atom. The first-order valence-corrected chi connectivity index (χ1v) is 5.44. The molecule has 0 saturated heterocycles. The Balaban J connectivity index is 2.00. The summed E-state index contributed by atoms with van der Waals surface area (Å²) in [4.78, 5) is 0. The van der Waals surface area contributed by atoms with Gasteiger partial charge in [0.15, 0.2) is 0 Å². The lowest BCUT2D eigenvalue weighted by molar-refractivity contribution is 0.540. The molecule has 1 unspecified atom stereocenters. The lowest BCUT2D eigenvalue weighted by Crippen LogP contribution is -2.20. The number of hydrogen-bond donors (Lipinski definition) is 1. The van der Waals surface area contributed by atoms with E-state index in [1.54, 1.807) is 6.07 Å². The van der Waals surface area contributed by atoms with Crippen LogP contribution in [0.5, 0.6) is 0 Å². The lowest BCUT2D eigenvalue weighted by Gasteiger charge is -2.07. The van der Waals surface area contributed by atoms with Crippen molar-refractivity contribution in [3.63, 3.8) is 0 Å². The number of benzene rings is 1. The highest BCUT2D eigenvalue weighted by Crippen LogP contribution is 2.44. The molecule has 1 aliphatic rings. The molecule has 84 valence electrons. The molecule has 1 saturated carbocycles. The van der Waals surface area contributed by atoms with Crippen LogP contribution in [0, 0.1) is 22.6 Å². The van der Waals surface area contributed by atoms with Crippen molar-refractivity contribution >= 4 is 0 Å². The van der Waals surface area contributed by atoms with E-state index in [0.29, 0.717) is 23.6 Å². The van der Waals surface area contributed by atoms with Gasteiger partial charge in [0.2, 0.25) is 0 Å². The van der Waals surface area contributed by atoms with E-state index < -0.39 is 0 Å². The number of nitrogens with one attached hydrogen (secondary N) is 1. The Morgan fingerprint density at radius 3 is 2.75 bits per heavy atom. The summed E-state index contributed by atoms with van der Waals surface area (Å²) in [6.45, 7) is 5.04. The number of hydrogen-bond acceptors (Lipinski definition) is 2. The smallest absolute Gasteiger partial charge is 0.124 e. The minimum absolute atomic E-state index is 0.342. The molecule has 3 heteroatoms. The lowest BCUT2D eigenvalue weighted by atomic mass is 10.1. The fourth-order valence-electron chi connectivity index (χ4n) is 1.87. The summed E-state index contributed by atoms with van der Waals surface area (Å²) in [6, 6.07) is 6.93. The molecule has 0 heterocycles. The molecule has 1 aromatic rings. The second-order valence-corrected chi connectivity index (χ2v) is 5.09. The fraction of sp³-hybridized carbons (Fsp3) is 0.462. The third-order valence-electron chi connectivity index (χ3n) is 3.15. The maximum atomic E-state index is 13.1. The predicted molar refractivity (Wildman–Crippen MR) is 60.1 cm³/mol. The van der Waals surface area contributed by atoms with Crippen LogP contribution in [0.2, 0.25) is 0 Å². The number of nitriles is 1. The zero-order valence-electron chi connectivity index (χ0n) is 9.55. The first kappa shape index (κ1) is 11.1. The highest BCUT2D eigenvalue weighted by molar-refractivity contribution is 5.33. The Bertz CT molecular complexity index is 446. The van der Waals surface area contributed by atoms with E-state index in [1.807, 2.05) is 6.07 Å². The Kier molecular flexibility index (Phi) is 2.69. The Morgan fingerprint density at radius 1 is 1.50 bits per heavy atom. The van der Waals surface area contributed by atoms with Gasteiger partial charge in [-0.25, -0.2) is 4.39 Å². The maximum absolute atomic E-state index is 13.1. The van der Waals surface area contributed by atoms with Crippen molar-refractivity contribution in [1.82, 2.24) is 5.32 Å². The average Bonchev–Trinajstić information content (AvgIpc) is 2.83. The van der Waals surface area contributed by atoms with Gasteiger partial charge in [-0.05, 0) is 35.6 Å². The summed E-state index contributed by atoms with van der Waals surface area (Å²) < 4.78 is 13.1. The molecule has 0 amide bonds. The highest BCUT2D eigenvalue weighted by Gasteiger charge is 2.44. The van der Waals surface area contributed by atoms with Crippen LogP contribution >= 0.6 is 0 Å². The molecule has 2 rings (SSSR count). The van der Waals surface area contributed by atoms with E-state index in [9.17, 15) is 4.39 Å². The monoisotopic (exact) mass is 218 g/mol. The largest absolute Gasteiger partial charge is 0.309 e. The molecule has 0 bridgehead atoms. The zero-order chi connectivity index (χ0) is 11.8. The summed E-state index contributed by atoms with van der Waals surface area (Å²) in [7, 11) is 0. The van der Waals surface area contributed by atoms with E-state index in [4.69, 9.17) is 5.26 Å². The van der Waals surface area contributed by atoms with Crippen molar-refractivity contribution in [3.05, 3.63) is 35.1 Å². The van der Waals surface area contributed by atoms with Crippen molar-refractivity contribution in [2.45, 2.75) is 32.9 Å². The van der Waals surface area contributed by atoms with Crippen LogP contribution in [0.4, 0.5) is 4.39 Å². The second kappa shape index (κ2) is 3.88. The molecule has 2 nitrogen and oxygen atoms in total. The van der Waals surface area contributed by atoms with E-state index in [0.717, 1.165) is 12.0 Å². The molecule has 1 N–H and O–H groups in total.